The number of hydrogen-bond donors (Lipinski definition) is 3. The van der Waals surface area contributed by atoms with Crippen LogP contribution in [0.4, 0.5) is 17.2 Å². The normalized spacial score (nSPS) is 13.2. The monoisotopic (exact) mass is 512 g/mol. The summed E-state index contributed by atoms with van der Waals surface area (Å²) in [7, 11) is 1.51. The predicted molar refractivity (Wildman–Crippen MR) is 136 cm³/mol. The molecule has 0 aliphatic heterocycles. The molecule has 3 aromatic rings. The number of nitrogens with one attached hydrogen (secondary N) is 2. The van der Waals surface area contributed by atoms with Gasteiger partial charge in [-0.05, 0) is 45.1 Å². The van der Waals surface area contributed by atoms with Crippen molar-refractivity contribution < 1.29 is 18.8 Å². The number of methoxy groups -OCH3 is 1. The lowest BCUT2D eigenvalue weighted by molar-refractivity contribution is -0.117. The van der Waals surface area contributed by atoms with Crippen molar-refractivity contribution in [2.24, 2.45) is 11.7 Å². The molecule has 2 amide bonds. The fourth-order valence-electron chi connectivity index (χ4n) is 3.50. The maximum Gasteiger partial charge on any atom is 0.271 e. The highest BCUT2D eigenvalue weighted by Crippen LogP contribution is 2.37. The number of nitrogens with two attached hydrogens (primary N) is 1. The van der Waals surface area contributed by atoms with Crippen molar-refractivity contribution in [1.29, 1.82) is 0 Å². The molecule has 190 valence electrons. The largest absolute Gasteiger partial charge is 0.494 e. The van der Waals surface area contributed by atoms with Crippen LogP contribution in [-0.2, 0) is 11.3 Å². The molecule has 1 aromatic carbocycles. The van der Waals surface area contributed by atoms with E-state index in [1.165, 1.54) is 13.2 Å². The molecule has 1 saturated carbocycles. The molecule has 0 spiro atoms. The third-order valence-corrected chi connectivity index (χ3v) is 6.55. The molecule has 36 heavy (non-hydrogen) atoms. The van der Waals surface area contributed by atoms with Crippen LogP contribution in [0.25, 0.3) is 11.4 Å². The number of carbonyl (C=O) groups is 2. The van der Waals surface area contributed by atoms with Gasteiger partial charge in [0.05, 0.1) is 30.6 Å². The predicted octanol–water partition coefficient (Wildman–Crippen LogP) is 3.21. The first-order chi connectivity index (χ1) is 17.3. The molecule has 4 rings (SSSR count). The van der Waals surface area contributed by atoms with Crippen LogP contribution >= 0.6 is 11.9 Å². The van der Waals surface area contributed by atoms with Gasteiger partial charge in [-0.3, -0.25) is 9.59 Å². The molecule has 1 aliphatic carbocycles. The first-order valence-corrected chi connectivity index (χ1v) is 12.5. The maximum atomic E-state index is 12.2. The highest BCUT2D eigenvalue weighted by Gasteiger charge is 2.30. The summed E-state index contributed by atoms with van der Waals surface area (Å²) in [5.41, 5.74) is 6.78. The molecule has 2 heterocycles. The minimum atomic E-state index is -0.772. The molecule has 4 N–H and O–H groups in total. The molecule has 0 bridgehead atoms. The maximum absolute atomic E-state index is 12.2. The van der Waals surface area contributed by atoms with Gasteiger partial charge in [-0.25, -0.2) is 4.31 Å². The van der Waals surface area contributed by atoms with Crippen molar-refractivity contribution in [3.05, 3.63) is 35.9 Å². The van der Waals surface area contributed by atoms with E-state index in [2.05, 4.69) is 49.1 Å². The Kier molecular flexibility index (Phi) is 7.70. The van der Waals surface area contributed by atoms with Crippen LogP contribution in [0, 0.1) is 5.92 Å². The molecule has 0 unspecified atom stereocenters. The topological polar surface area (TPSA) is 161 Å². The van der Waals surface area contributed by atoms with Gasteiger partial charge in [0.15, 0.2) is 17.3 Å². The Morgan fingerprint density at radius 3 is 2.69 bits per heavy atom. The number of aromatic nitrogens is 4. The molecule has 12 nitrogen and oxygen atoms in total. The second-order valence-corrected chi connectivity index (χ2v) is 9.33. The summed E-state index contributed by atoms with van der Waals surface area (Å²) < 4.78 is 13.3. The number of rotatable bonds is 11. The van der Waals surface area contributed by atoms with Gasteiger partial charge in [-0.1, -0.05) is 23.2 Å². The van der Waals surface area contributed by atoms with E-state index >= 15 is 0 Å². The zero-order chi connectivity index (χ0) is 25.8. The molecule has 13 heteroatoms. The highest BCUT2D eigenvalue weighted by molar-refractivity contribution is 7.96. The fraction of sp³-hybridized carbons (Fsp3) is 0.391. The molecule has 0 atom stereocenters. The number of para-hydroxylation sites is 1. The minimum Gasteiger partial charge on any atom is -0.494 e. The van der Waals surface area contributed by atoms with Gasteiger partial charge < -0.3 is 25.6 Å². The number of nitrogens with zero attached hydrogens (tertiary/aromatic N) is 5. The summed E-state index contributed by atoms with van der Waals surface area (Å²) in [5, 5.41) is 17.8. The lowest BCUT2D eigenvalue weighted by Crippen LogP contribution is -2.23. The molecular formula is C23H28N8O4S. The number of benzene rings is 1. The van der Waals surface area contributed by atoms with E-state index in [-0.39, 0.29) is 29.0 Å². The van der Waals surface area contributed by atoms with E-state index < -0.39 is 5.91 Å². The quantitative estimate of drug-likeness (QED) is 0.323. The van der Waals surface area contributed by atoms with E-state index in [9.17, 15) is 9.59 Å². The third-order valence-electron chi connectivity index (χ3n) is 5.53. The number of primary amides is 1. The Morgan fingerprint density at radius 1 is 1.28 bits per heavy atom. The number of anilines is 3. The lowest BCUT2D eigenvalue weighted by Gasteiger charge is -2.20. The van der Waals surface area contributed by atoms with Gasteiger partial charge in [-0.15, -0.1) is 10.2 Å². The second-order valence-electron chi connectivity index (χ2n) is 8.49. The summed E-state index contributed by atoms with van der Waals surface area (Å²) in [6.07, 6.45) is 3.68. The average molecular weight is 513 g/mol. The molecule has 1 fully saturated rings. The van der Waals surface area contributed by atoms with Crippen molar-refractivity contribution in [3.8, 4) is 17.1 Å². The zero-order valence-corrected chi connectivity index (χ0v) is 21.3. The summed E-state index contributed by atoms with van der Waals surface area (Å²) >= 11 is 1.60. The van der Waals surface area contributed by atoms with Crippen molar-refractivity contribution in [2.75, 3.05) is 24.0 Å². The van der Waals surface area contributed by atoms with Crippen LogP contribution in [0.2, 0.25) is 0 Å². The van der Waals surface area contributed by atoms with Gasteiger partial charge in [0, 0.05) is 18.0 Å². The van der Waals surface area contributed by atoms with Gasteiger partial charge in [-0.2, -0.15) is 4.98 Å². The van der Waals surface area contributed by atoms with Crippen LogP contribution in [0.5, 0.6) is 5.75 Å². The Hall–Kier alpha value is -3.71. The van der Waals surface area contributed by atoms with E-state index in [1.807, 2.05) is 6.26 Å². The van der Waals surface area contributed by atoms with Gasteiger partial charge in [0.1, 0.15) is 0 Å². The van der Waals surface area contributed by atoms with E-state index in [4.69, 9.17) is 15.0 Å². The van der Waals surface area contributed by atoms with Crippen LogP contribution in [0.3, 0.4) is 0 Å². The number of amides is 2. The SMILES string of the molecule is COc1c(Nc2cc(NC(=O)C3CC3)nnc2C(N)=O)cccc1-c1noc(CN(SC)C(C)C)n1. The molecule has 0 radical (unpaired) electrons. The fourth-order valence-corrected chi connectivity index (χ4v) is 4.16. The van der Waals surface area contributed by atoms with Crippen molar-refractivity contribution >= 4 is 41.0 Å². The second kappa shape index (κ2) is 10.9. The summed E-state index contributed by atoms with van der Waals surface area (Å²) in [4.78, 5) is 28.7. The number of ether oxygens (including phenoxy) is 1. The van der Waals surface area contributed by atoms with Crippen LogP contribution < -0.4 is 21.1 Å². The van der Waals surface area contributed by atoms with E-state index in [0.717, 1.165) is 12.8 Å². The Bertz CT molecular complexity index is 1260. The van der Waals surface area contributed by atoms with Gasteiger partial charge >= 0.3 is 0 Å². The number of hydrogen-bond acceptors (Lipinski definition) is 11. The first-order valence-electron chi connectivity index (χ1n) is 11.4. The van der Waals surface area contributed by atoms with Crippen molar-refractivity contribution in [2.45, 2.75) is 39.3 Å². The molecule has 1 aliphatic rings. The third kappa shape index (κ3) is 5.74. The van der Waals surface area contributed by atoms with Crippen LogP contribution in [0.1, 0.15) is 43.1 Å². The first kappa shape index (κ1) is 25.4. The average Bonchev–Trinajstić information content (AvgIpc) is 3.60. The summed E-state index contributed by atoms with van der Waals surface area (Å²) in [6.45, 7) is 4.66. The number of carbonyl (C=O) groups excluding carboxylic acids is 2. The highest BCUT2D eigenvalue weighted by atomic mass is 32.2. The smallest absolute Gasteiger partial charge is 0.271 e. The standard InChI is InChI=1S/C23H28N8O4S/c1-12(2)31(36-4)11-18-27-22(30-35-18)14-6-5-7-15(20(14)34-3)25-16-10-17(26-23(33)13-8-9-13)28-29-19(16)21(24)32/h5-7,10,12-13H,8-9,11H2,1-4H3,(H2,24,32)(H2,25,26,28,33). The van der Waals surface area contributed by atoms with E-state index in [1.54, 1.807) is 30.1 Å². The van der Waals surface area contributed by atoms with Gasteiger partial charge in [0.2, 0.25) is 17.6 Å². The minimum absolute atomic E-state index is 0.0146. The summed E-state index contributed by atoms with van der Waals surface area (Å²) in [5.74, 6) is 0.541. The lowest BCUT2D eigenvalue weighted by atomic mass is 10.1. The molecule has 2 aromatic heterocycles. The Morgan fingerprint density at radius 2 is 2.06 bits per heavy atom. The zero-order valence-electron chi connectivity index (χ0n) is 20.4. The Labute approximate surface area is 212 Å². The molecular weight excluding hydrogens is 484 g/mol. The summed E-state index contributed by atoms with van der Waals surface area (Å²) in [6, 6.07) is 7.14. The van der Waals surface area contributed by atoms with Crippen molar-refractivity contribution in [1.82, 2.24) is 24.6 Å². The Balaban J connectivity index is 1.63. The molecule has 0 saturated heterocycles. The van der Waals surface area contributed by atoms with E-state index in [0.29, 0.717) is 41.3 Å². The van der Waals surface area contributed by atoms with Crippen LogP contribution in [-0.4, -0.2) is 55.9 Å². The van der Waals surface area contributed by atoms with Crippen molar-refractivity contribution in [3.63, 3.8) is 0 Å². The van der Waals surface area contributed by atoms with Crippen LogP contribution in [0.15, 0.2) is 28.8 Å². The van der Waals surface area contributed by atoms with Gasteiger partial charge in [0.25, 0.3) is 5.91 Å².